The van der Waals surface area contributed by atoms with Gasteiger partial charge in [-0.25, -0.2) is 9.97 Å². The number of aldehydes is 1. The molecule has 0 aliphatic carbocycles. The van der Waals surface area contributed by atoms with E-state index in [0.717, 1.165) is 11.8 Å². The number of hydrogen-bond donors (Lipinski definition) is 0. The Hall–Kier alpha value is -4.81. The Kier molecular flexibility index (Phi) is 7.95. The van der Waals surface area contributed by atoms with E-state index in [0.29, 0.717) is 67.2 Å². The third-order valence-corrected chi connectivity index (χ3v) is 7.10. The third kappa shape index (κ3) is 5.34. The zero-order valence-corrected chi connectivity index (χ0v) is 23.6. The van der Waals surface area contributed by atoms with Gasteiger partial charge in [-0.1, -0.05) is 37.3 Å². The number of rotatable bonds is 9. The van der Waals surface area contributed by atoms with Gasteiger partial charge in [0.25, 0.3) is 11.5 Å². The normalized spacial score (nSPS) is 13.5. The summed E-state index contributed by atoms with van der Waals surface area (Å²) in [5.41, 5.74) is 2.63. The monoisotopic (exact) mass is 559 g/mol. The Labute approximate surface area is 237 Å². The summed E-state index contributed by atoms with van der Waals surface area (Å²) in [5, 5.41) is 4.39. The molecule has 41 heavy (non-hydrogen) atoms. The number of ether oxygens (including phenoxy) is 1. The number of benzene rings is 1. The third-order valence-electron chi connectivity index (χ3n) is 7.10. The largest absolute Gasteiger partial charge is 0.485 e. The topological polar surface area (TPSA) is 131 Å². The van der Waals surface area contributed by atoms with Gasteiger partial charge in [0.15, 0.2) is 11.4 Å². The number of carbonyl (C=O) groups is 2. The van der Waals surface area contributed by atoms with E-state index in [1.807, 2.05) is 42.2 Å². The van der Waals surface area contributed by atoms with E-state index < -0.39 is 0 Å². The van der Waals surface area contributed by atoms with Crippen LogP contribution in [0.15, 0.2) is 41.5 Å². The molecule has 1 amide bonds. The van der Waals surface area contributed by atoms with E-state index in [1.54, 1.807) is 35.4 Å². The molecule has 1 aliphatic rings. The molecule has 5 rings (SSSR count). The van der Waals surface area contributed by atoms with E-state index in [2.05, 4.69) is 20.1 Å². The van der Waals surface area contributed by atoms with Crippen molar-refractivity contribution in [3.05, 3.63) is 69.7 Å². The number of hydrogen-bond acceptors (Lipinski definition) is 10. The van der Waals surface area contributed by atoms with Crippen LogP contribution in [0.25, 0.3) is 5.78 Å². The lowest BCUT2D eigenvalue weighted by Gasteiger charge is -2.36. The molecule has 13 nitrogen and oxygen atoms in total. The van der Waals surface area contributed by atoms with Crippen molar-refractivity contribution in [2.24, 2.45) is 0 Å². The van der Waals surface area contributed by atoms with Gasteiger partial charge in [0.05, 0.1) is 17.9 Å². The maximum Gasteiger partial charge on any atom is 0.299 e. The van der Waals surface area contributed by atoms with Crippen molar-refractivity contribution in [3.63, 3.8) is 0 Å². The SMILES string of the molecule is CCc1c(N2CCN(C(=O)c3ncnc(C)c3OCc3ccccc3)CC2)c(=O)n2nc(N(C)C)nc2n1CC=O. The lowest BCUT2D eigenvalue weighted by Crippen LogP contribution is -2.51. The second kappa shape index (κ2) is 11.7. The summed E-state index contributed by atoms with van der Waals surface area (Å²) < 4.78 is 9.02. The molecule has 13 heteroatoms. The molecular weight excluding hydrogens is 526 g/mol. The first-order chi connectivity index (χ1) is 19.8. The van der Waals surface area contributed by atoms with Crippen LogP contribution in [0.5, 0.6) is 5.75 Å². The van der Waals surface area contributed by atoms with Gasteiger partial charge in [-0.05, 0) is 18.9 Å². The quantitative estimate of drug-likeness (QED) is 0.277. The fraction of sp³-hybridized carbons (Fsp3) is 0.393. The van der Waals surface area contributed by atoms with Crippen LogP contribution in [0, 0.1) is 6.92 Å². The van der Waals surface area contributed by atoms with Crippen LogP contribution in [0.4, 0.5) is 11.6 Å². The Balaban J connectivity index is 1.40. The van der Waals surface area contributed by atoms with E-state index in [-0.39, 0.29) is 30.3 Å². The number of aromatic nitrogens is 6. The van der Waals surface area contributed by atoms with Crippen molar-refractivity contribution >= 4 is 29.6 Å². The highest BCUT2D eigenvalue weighted by atomic mass is 16.5. The number of aryl methyl sites for hydroxylation is 1. The Morgan fingerprint density at radius 1 is 1.10 bits per heavy atom. The highest BCUT2D eigenvalue weighted by molar-refractivity contribution is 5.95. The maximum atomic E-state index is 13.7. The molecule has 4 heterocycles. The van der Waals surface area contributed by atoms with Crippen LogP contribution in [0.1, 0.15) is 34.4 Å². The number of fused-ring (bicyclic) bond motifs is 1. The minimum atomic E-state index is -0.303. The van der Waals surface area contributed by atoms with Gasteiger partial charge >= 0.3 is 0 Å². The molecule has 0 spiro atoms. The Morgan fingerprint density at radius 3 is 2.49 bits per heavy atom. The van der Waals surface area contributed by atoms with Gasteiger partial charge in [0.2, 0.25) is 11.7 Å². The highest BCUT2D eigenvalue weighted by Gasteiger charge is 2.30. The second-order valence-corrected chi connectivity index (χ2v) is 9.94. The molecule has 0 atom stereocenters. The van der Waals surface area contributed by atoms with Gasteiger partial charge in [-0.3, -0.25) is 9.59 Å². The van der Waals surface area contributed by atoms with Crippen LogP contribution >= 0.6 is 0 Å². The van der Waals surface area contributed by atoms with Crippen LogP contribution in [-0.4, -0.2) is 86.5 Å². The summed E-state index contributed by atoms with van der Waals surface area (Å²) in [5.74, 6) is 0.806. The molecule has 0 radical (unpaired) electrons. The molecule has 214 valence electrons. The molecule has 4 aromatic rings. The summed E-state index contributed by atoms with van der Waals surface area (Å²) in [4.78, 5) is 57.3. The van der Waals surface area contributed by atoms with E-state index in [1.165, 1.54) is 10.8 Å². The maximum absolute atomic E-state index is 13.7. The number of carbonyl (C=O) groups excluding carboxylic acids is 2. The van der Waals surface area contributed by atoms with Gasteiger partial charge in [0, 0.05) is 40.3 Å². The number of amides is 1. The number of anilines is 2. The van der Waals surface area contributed by atoms with Gasteiger partial charge < -0.3 is 28.8 Å². The standard InChI is InChI=1S/C28H33N9O4/c1-5-21-23(26(40)37-28(36(21)15-16-38)31-27(32-37)33(3)4)34-11-13-35(14-12-34)25(39)22-24(19(2)29-18-30-22)41-17-20-9-7-6-8-10-20/h6-10,16,18H,5,11-15,17H2,1-4H3. The van der Waals surface area contributed by atoms with Crippen molar-refractivity contribution in [2.45, 2.75) is 33.4 Å². The zero-order chi connectivity index (χ0) is 29.1. The molecule has 1 aromatic carbocycles. The van der Waals surface area contributed by atoms with Gasteiger partial charge in [-0.15, -0.1) is 5.10 Å². The molecule has 1 aliphatic heterocycles. The lowest BCUT2D eigenvalue weighted by molar-refractivity contribution is -0.108. The van der Waals surface area contributed by atoms with Crippen molar-refractivity contribution < 1.29 is 14.3 Å². The summed E-state index contributed by atoms with van der Waals surface area (Å²) in [6.07, 6.45) is 2.67. The first-order valence-corrected chi connectivity index (χ1v) is 13.5. The smallest absolute Gasteiger partial charge is 0.299 e. The Bertz CT molecular complexity index is 1620. The molecule has 0 N–H and O–H groups in total. The van der Waals surface area contributed by atoms with Crippen molar-refractivity contribution in [2.75, 3.05) is 50.1 Å². The minimum Gasteiger partial charge on any atom is -0.485 e. The molecule has 3 aromatic heterocycles. The first-order valence-electron chi connectivity index (χ1n) is 13.5. The highest BCUT2D eigenvalue weighted by Crippen LogP contribution is 2.25. The van der Waals surface area contributed by atoms with Crippen molar-refractivity contribution in [3.8, 4) is 5.75 Å². The Morgan fingerprint density at radius 2 is 1.83 bits per heavy atom. The summed E-state index contributed by atoms with van der Waals surface area (Å²) in [6.45, 7) is 5.63. The van der Waals surface area contributed by atoms with E-state index in [9.17, 15) is 14.4 Å². The molecule has 0 unspecified atom stereocenters. The molecule has 0 bridgehead atoms. The molecule has 1 fully saturated rings. The van der Waals surface area contributed by atoms with Crippen LogP contribution in [-0.2, 0) is 24.4 Å². The van der Waals surface area contributed by atoms with Crippen molar-refractivity contribution in [1.82, 2.24) is 34.0 Å². The van der Waals surface area contributed by atoms with Crippen molar-refractivity contribution in [1.29, 1.82) is 0 Å². The van der Waals surface area contributed by atoms with Crippen LogP contribution in [0.3, 0.4) is 0 Å². The fourth-order valence-electron chi connectivity index (χ4n) is 5.01. The van der Waals surface area contributed by atoms with Gasteiger partial charge in [-0.2, -0.15) is 9.50 Å². The number of nitrogens with zero attached hydrogens (tertiary/aromatic N) is 9. The second-order valence-electron chi connectivity index (χ2n) is 9.94. The molecule has 0 saturated carbocycles. The molecular formula is C28H33N9O4. The number of piperazine rings is 1. The molecule has 1 saturated heterocycles. The first kappa shape index (κ1) is 27.7. The predicted molar refractivity (Wildman–Crippen MR) is 153 cm³/mol. The summed E-state index contributed by atoms with van der Waals surface area (Å²) in [7, 11) is 3.58. The minimum absolute atomic E-state index is 0.0444. The predicted octanol–water partition coefficient (Wildman–Crippen LogP) is 1.36. The van der Waals surface area contributed by atoms with Crippen LogP contribution in [0.2, 0.25) is 0 Å². The lowest BCUT2D eigenvalue weighted by atomic mass is 10.2. The van der Waals surface area contributed by atoms with E-state index >= 15 is 0 Å². The van der Waals surface area contributed by atoms with E-state index in [4.69, 9.17) is 4.74 Å². The van der Waals surface area contributed by atoms with Gasteiger partial charge in [0.1, 0.15) is 24.9 Å². The van der Waals surface area contributed by atoms with Crippen LogP contribution < -0.4 is 20.1 Å². The zero-order valence-electron chi connectivity index (χ0n) is 23.6. The fourth-order valence-corrected chi connectivity index (χ4v) is 5.01. The summed E-state index contributed by atoms with van der Waals surface area (Å²) >= 11 is 0. The average molecular weight is 560 g/mol. The average Bonchev–Trinajstić information content (AvgIpc) is 3.45. The summed E-state index contributed by atoms with van der Waals surface area (Å²) in [6, 6.07) is 9.69.